The van der Waals surface area contributed by atoms with Crippen LogP contribution in [0, 0.1) is 4.77 Å². The van der Waals surface area contributed by atoms with Crippen molar-refractivity contribution in [3.8, 4) is 17.2 Å². The number of fused-ring (bicyclic) bond motifs is 1. The molecule has 0 aliphatic carbocycles. The van der Waals surface area contributed by atoms with E-state index >= 15 is 0 Å². The summed E-state index contributed by atoms with van der Waals surface area (Å²) >= 11 is 5.35. The first-order chi connectivity index (χ1) is 10.8. The third-order valence-electron chi connectivity index (χ3n) is 3.56. The lowest BCUT2D eigenvalue weighted by Gasteiger charge is -2.07. The van der Waals surface area contributed by atoms with Gasteiger partial charge < -0.3 is 9.47 Å². The van der Waals surface area contributed by atoms with Gasteiger partial charge in [-0.05, 0) is 42.0 Å². The van der Waals surface area contributed by atoms with Crippen LogP contribution in [0.4, 0.5) is 0 Å². The predicted molar refractivity (Wildman–Crippen MR) is 84.1 cm³/mol. The highest BCUT2D eigenvalue weighted by molar-refractivity contribution is 7.71. The number of H-pyrrole nitrogens is 1. The zero-order valence-electron chi connectivity index (χ0n) is 11.7. The third kappa shape index (κ3) is 2.27. The van der Waals surface area contributed by atoms with E-state index in [2.05, 4.69) is 10.2 Å². The zero-order valence-corrected chi connectivity index (χ0v) is 12.5. The van der Waals surface area contributed by atoms with Crippen LogP contribution in [-0.4, -0.2) is 21.6 Å². The summed E-state index contributed by atoms with van der Waals surface area (Å²) in [4.78, 5) is 0. The number of ether oxygens (including phenoxy) is 2. The number of hydrogen-bond acceptors (Lipinski definition) is 4. The molecule has 6 heteroatoms. The molecule has 0 saturated heterocycles. The van der Waals surface area contributed by atoms with Crippen LogP contribution < -0.4 is 9.47 Å². The van der Waals surface area contributed by atoms with Crippen LogP contribution in [-0.2, 0) is 6.42 Å². The van der Waals surface area contributed by atoms with E-state index in [0.29, 0.717) is 11.2 Å². The van der Waals surface area contributed by atoms with Crippen molar-refractivity contribution >= 4 is 12.2 Å². The van der Waals surface area contributed by atoms with Crippen molar-refractivity contribution in [3.63, 3.8) is 0 Å². The monoisotopic (exact) mass is 311 g/mol. The molecule has 0 amide bonds. The lowest BCUT2D eigenvalue weighted by Crippen LogP contribution is -2.02. The van der Waals surface area contributed by atoms with Gasteiger partial charge in [0.1, 0.15) is 5.82 Å². The van der Waals surface area contributed by atoms with Gasteiger partial charge in [-0.3, -0.25) is 9.67 Å². The van der Waals surface area contributed by atoms with Crippen molar-refractivity contribution in [2.24, 2.45) is 0 Å². The SMILES string of the molecule is S=c1[nH]nc(Cc2ccc3c(c2)OCO3)n1-c1ccccc1. The molecule has 2 heterocycles. The minimum Gasteiger partial charge on any atom is -0.454 e. The molecule has 0 fully saturated rings. The molecular formula is C16H13N3O2S. The second-order valence-electron chi connectivity index (χ2n) is 4.98. The number of para-hydroxylation sites is 1. The fourth-order valence-electron chi connectivity index (χ4n) is 2.52. The number of benzene rings is 2. The normalized spacial score (nSPS) is 12.5. The Bertz CT molecular complexity index is 871. The summed E-state index contributed by atoms with van der Waals surface area (Å²) in [5, 5.41) is 7.22. The molecule has 110 valence electrons. The second kappa shape index (κ2) is 5.31. The van der Waals surface area contributed by atoms with E-state index in [1.165, 1.54) is 0 Å². The van der Waals surface area contributed by atoms with Crippen LogP contribution in [0.25, 0.3) is 5.69 Å². The predicted octanol–water partition coefficient (Wildman–Crippen LogP) is 3.25. The Labute approximate surface area is 132 Å². The van der Waals surface area contributed by atoms with Gasteiger partial charge in [-0.1, -0.05) is 24.3 Å². The first kappa shape index (κ1) is 13.1. The molecule has 1 aliphatic rings. The average molecular weight is 311 g/mol. The Kier molecular flexibility index (Phi) is 3.16. The summed E-state index contributed by atoms with van der Waals surface area (Å²) in [5.74, 6) is 2.42. The molecule has 4 rings (SSSR count). The molecule has 1 aromatic heterocycles. The third-order valence-corrected chi connectivity index (χ3v) is 3.83. The Morgan fingerprint density at radius 3 is 2.77 bits per heavy atom. The largest absolute Gasteiger partial charge is 0.454 e. The van der Waals surface area contributed by atoms with Crippen LogP contribution in [0.5, 0.6) is 11.5 Å². The van der Waals surface area contributed by atoms with Crippen LogP contribution in [0.2, 0.25) is 0 Å². The van der Waals surface area contributed by atoms with E-state index in [-0.39, 0.29) is 6.79 Å². The quantitative estimate of drug-likeness (QED) is 0.754. The van der Waals surface area contributed by atoms with Gasteiger partial charge in [0.15, 0.2) is 16.3 Å². The number of nitrogens with one attached hydrogen (secondary N) is 1. The molecule has 1 N–H and O–H groups in total. The maximum absolute atomic E-state index is 5.42. The molecule has 0 spiro atoms. The number of nitrogens with zero attached hydrogens (tertiary/aromatic N) is 2. The number of aromatic amines is 1. The van der Waals surface area contributed by atoms with Gasteiger partial charge in [-0.25, -0.2) is 0 Å². The summed E-state index contributed by atoms with van der Waals surface area (Å²) in [5.41, 5.74) is 2.09. The highest BCUT2D eigenvalue weighted by Gasteiger charge is 2.15. The Hall–Kier alpha value is -2.60. The van der Waals surface area contributed by atoms with Crippen molar-refractivity contribution in [1.29, 1.82) is 0 Å². The Morgan fingerprint density at radius 2 is 1.91 bits per heavy atom. The van der Waals surface area contributed by atoms with E-state index in [1.54, 1.807) is 0 Å². The molecule has 3 aromatic rings. The lowest BCUT2D eigenvalue weighted by molar-refractivity contribution is 0.174. The number of hydrogen-bond donors (Lipinski definition) is 1. The standard InChI is InChI=1S/C16H13N3O2S/c22-16-18-17-15(19(16)12-4-2-1-3-5-12)9-11-6-7-13-14(8-11)21-10-20-13/h1-8H,9-10H2,(H,18,22). The van der Waals surface area contributed by atoms with Crippen molar-refractivity contribution < 1.29 is 9.47 Å². The van der Waals surface area contributed by atoms with Crippen LogP contribution >= 0.6 is 12.2 Å². The first-order valence-corrected chi connectivity index (χ1v) is 7.32. The second-order valence-corrected chi connectivity index (χ2v) is 5.37. The molecule has 0 saturated carbocycles. The van der Waals surface area contributed by atoms with Gasteiger partial charge in [0, 0.05) is 12.1 Å². The van der Waals surface area contributed by atoms with E-state index in [1.807, 2.05) is 53.1 Å². The maximum Gasteiger partial charge on any atom is 0.231 e. The van der Waals surface area contributed by atoms with E-state index in [9.17, 15) is 0 Å². The molecule has 2 aromatic carbocycles. The summed E-state index contributed by atoms with van der Waals surface area (Å²) in [6.45, 7) is 0.279. The van der Waals surface area contributed by atoms with Gasteiger partial charge in [-0.2, -0.15) is 5.10 Å². The van der Waals surface area contributed by atoms with Crippen molar-refractivity contribution in [2.75, 3.05) is 6.79 Å². The lowest BCUT2D eigenvalue weighted by atomic mass is 10.1. The van der Waals surface area contributed by atoms with Crippen LogP contribution in [0.3, 0.4) is 0 Å². The highest BCUT2D eigenvalue weighted by Crippen LogP contribution is 2.33. The molecule has 22 heavy (non-hydrogen) atoms. The number of rotatable bonds is 3. The van der Waals surface area contributed by atoms with Gasteiger partial charge in [-0.15, -0.1) is 0 Å². The van der Waals surface area contributed by atoms with E-state index in [4.69, 9.17) is 21.7 Å². The van der Waals surface area contributed by atoms with Gasteiger partial charge in [0.05, 0.1) is 0 Å². The maximum atomic E-state index is 5.42. The van der Waals surface area contributed by atoms with Crippen LogP contribution in [0.1, 0.15) is 11.4 Å². The van der Waals surface area contributed by atoms with E-state index < -0.39 is 0 Å². The van der Waals surface area contributed by atoms with Crippen molar-refractivity contribution in [3.05, 3.63) is 64.7 Å². The summed E-state index contributed by atoms with van der Waals surface area (Å²) < 4.78 is 13.3. The smallest absolute Gasteiger partial charge is 0.231 e. The zero-order chi connectivity index (χ0) is 14.9. The van der Waals surface area contributed by atoms with Crippen LogP contribution in [0.15, 0.2) is 48.5 Å². The molecule has 0 bridgehead atoms. The summed E-state index contributed by atoms with van der Waals surface area (Å²) in [6, 6.07) is 15.9. The topological polar surface area (TPSA) is 52.1 Å². The number of aromatic nitrogens is 3. The van der Waals surface area contributed by atoms with Crippen molar-refractivity contribution in [1.82, 2.24) is 14.8 Å². The van der Waals surface area contributed by atoms with Crippen molar-refractivity contribution in [2.45, 2.75) is 6.42 Å². The fourth-order valence-corrected chi connectivity index (χ4v) is 2.78. The van der Waals surface area contributed by atoms with Gasteiger partial charge in [0.2, 0.25) is 6.79 Å². The molecule has 5 nitrogen and oxygen atoms in total. The minimum atomic E-state index is 0.279. The Balaban J connectivity index is 1.71. The first-order valence-electron chi connectivity index (χ1n) is 6.91. The van der Waals surface area contributed by atoms with E-state index in [0.717, 1.165) is 28.6 Å². The minimum absolute atomic E-state index is 0.279. The molecule has 0 unspecified atom stereocenters. The highest BCUT2D eigenvalue weighted by atomic mass is 32.1. The molecular weight excluding hydrogens is 298 g/mol. The Morgan fingerprint density at radius 1 is 1.09 bits per heavy atom. The molecule has 1 aliphatic heterocycles. The molecule has 0 atom stereocenters. The summed E-state index contributed by atoms with van der Waals surface area (Å²) in [6.07, 6.45) is 0.651. The average Bonchev–Trinajstić information content (AvgIpc) is 3.14. The van der Waals surface area contributed by atoms with Gasteiger partial charge in [0.25, 0.3) is 0 Å². The van der Waals surface area contributed by atoms with Gasteiger partial charge >= 0.3 is 0 Å². The summed E-state index contributed by atoms with van der Waals surface area (Å²) in [7, 11) is 0. The fraction of sp³-hybridized carbons (Fsp3) is 0.125. The molecule has 0 radical (unpaired) electrons.